The average molecular weight is 437 g/mol. The maximum atomic E-state index is 12.5. The fourth-order valence-corrected chi connectivity index (χ4v) is 3.41. The summed E-state index contributed by atoms with van der Waals surface area (Å²) in [5.41, 5.74) is 0.749. The number of aryl methyl sites for hydroxylation is 1. The molecule has 3 aromatic rings. The number of benzene rings is 1. The van der Waals surface area contributed by atoms with E-state index in [1.54, 1.807) is 12.1 Å². The van der Waals surface area contributed by atoms with Crippen LogP contribution in [-0.4, -0.2) is 36.3 Å². The number of carbonyl (C=O) groups is 1. The first kappa shape index (κ1) is 21.7. The van der Waals surface area contributed by atoms with E-state index in [2.05, 4.69) is 20.2 Å². The van der Waals surface area contributed by atoms with Gasteiger partial charge in [-0.25, -0.2) is 0 Å². The Morgan fingerprint density at radius 2 is 2.13 bits per heavy atom. The summed E-state index contributed by atoms with van der Waals surface area (Å²) in [5.74, 6) is 1.14. The smallest absolute Gasteiger partial charge is 0.387 e. The lowest BCUT2D eigenvalue weighted by Gasteiger charge is -2.12. The molecule has 2 aromatic heterocycles. The fraction of sp³-hybridized carbons (Fsp3) is 0.350. The zero-order chi connectivity index (χ0) is 21.3. The number of thiophene rings is 1. The average Bonchev–Trinajstić information content (AvgIpc) is 3.39. The predicted molar refractivity (Wildman–Crippen MR) is 107 cm³/mol. The van der Waals surface area contributed by atoms with Crippen LogP contribution in [0.15, 0.2) is 40.2 Å². The normalized spacial score (nSPS) is 10.9. The van der Waals surface area contributed by atoms with Gasteiger partial charge in [-0.15, -0.1) is 11.3 Å². The van der Waals surface area contributed by atoms with Crippen LogP contribution in [0.25, 0.3) is 10.7 Å². The van der Waals surface area contributed by atoms with Crippen LogP contribution >= 0.6 is 11.3 Å². The van der Waals surface area contributed by atoms with Gasteiger partial charge >= 0.3 is 6.61 Å². The van der Waals surface area contributed by atoms with Crippen molar-refractivity contribution in [3.8, 4) is 22.2 Å². The predicted octanol–water partition coefficient (Wildman–Crippen LogP) is 4.09. The molecule has 0 bridgehead atoms. The molecule has 10 heteroatoms. The van der Waals surface area contributed by atoms with Crippen molar-refractivity contribution in [3.63, 3.8) is 0 Å². The Labute approximate surface area is 176 Å². The molecule has 30 heavy (non-hydrogen) atoms. The minimum absolute atomic E-state index is 0.0298. The highest BCUT2D eigenvalue weighted by Gasteiger charge is 2.12. The molecule has 0 unspecified atom stereocenters. The van der Waals surface area contributed by atoms with E-state index in [1.807, 2.05) is 17.5 Å². The van der Waals surface area contributed by atoms with E-state index in [9.17, 15) is 13.6 Å². The summed E-state index contributed by atoms with van der Waals surface area (Å²) in [6, 6.07) is 8.61. The van der Waals surface area contributed by atoms with Crippen LogP contribution in [0, 0.1) is 0 Å². The number of nitrogens with zero attached hydrogens (tertiary/aromatic N) is 2. The minimum atomic E-state index is -2.94. The number of alkyl halides is 2. The molecule has 1 N–H and O–H groups in total. The molecule has 160 valence electrons. The van der Waals surface area contributed by atoms with Crippen LogP contribution in [0.4, 0.5) is 8.78 Å². The molecule has 1 aromatic carbocycles. The van der Waals surface area contributed by atoms with E-state index in [0.717, 1.165) is 10.4 Å². The number of rotatable bonds is 11. The Hall–Kier alpha value is -3.01. The summed E-state index contributed by atoms with van der Waals surface area (Å²) < 4.78 is 39.6. The third kappa shape index (κ3) is 6.24. The SMILES string of the molecule is COc1ccc(CCNC(=O)CCCc2nc(-c3cccs3)no2)cc1OC(F)F. The topological polar surface area (TPSA) is 86.5 Å². The summed E-state index contributed by atoms with van der Waals surface area (Å²) in [6.07, 6.45) is 1.88. The molecule has 0 aliphatic rings. The van der Waals surface area contributed by atoms with Gasteiger partial charge in [-0.3, -0.25) is 4.79 Å². The zero-order valence-electron chi connectivity index (χ0n) is 16.3. The maximum Gasteiger partial charge on any atom is 0.387 e. The molecule has 0 atom stereocenters. The van der Waals surface area contributed by atoms with E-state index >= 15 is 0 Å². The standard InChI is InChI=1S/C20H21F2N3O4S/c1-27-14-8-7-13(12-15(14)28-20(21)22)9-10-23-17(26)5-2-6-18-24-19(25-29-18)16-4-3-11-30-16/h3-4,7-8,11-12,20H,2,5-6,9-10H2,1H3,(H,23,26). The van der Waals surface area contributed by atoms with Gasteiger partial charge in [-0.1, -0.05) is 17.3 Å². The van der Waals surface area contributed by atoms with Crippen molar-refractivity contribution < 1.29 is 27.6 Å². The number of carbonyl (C=O) groups excluding carboxylic acids is 1. The first-order chi connectivity index (χ1) is 14.5. The molecule has 0 radical (unpaired) electrons. The molecule has 3 rings (SSSR count). The van der Waals surface area contributed by atoms with E-state index < -0.39 is 6.61 Å². The molecule has 0 saturated carbocycles. The highest BCUT2D eigenvalue weighted by atomic mass is 32.1. The van der Waals surface area contributed by atoms with Crippen molar-refractivity contribution in [1.29, 1.82) is 0 Å². The summed E-state index contributed by atoms with van der Waals surface area (Å²) in [5, 5.41) is 8.68. The quantitative estimate of drug-likeness (QED) is 0.486. The lowest BCUT2D eigenvalue weighted by molar-refractivity contribution is -0.121. The van der Waals surface area contributed by atoms with Crippen LogP contribution in [0.2, 0.25) is 0 Å². The number of hydrogen-bond acceptors (Lipinski definition) is 7. The Kier molecular flexibility index (Phi) is 7.72. The number of amides is 1. The van der Waals surface area contributed by atoms with E-state index in [-0.39, 0.29) is 17.4 Å². The number of halogens is 2. The third-order valence-corrected chi connectivity index (χ3v) is 5.05. The monoisotopic (exact) mass is 437 g/mol. The Morgan fingerprint density at radius 3 is 2.87 bits per heavy atom. The highest BCUT2D eigenvalue weighted by Crippen LogP contribution is 2.29. The first-order valence-electron chi connectivity index (χ1n) is 9.30. The Balaban J connectivity index is 1.39. The van der Waals surface area contributed by atoms with Gasteiger partial charge < -0.3 is 19.3 Å². The summed E-state index contributed by atoms with van der Waals surface area (Å²) in [4.78, 5) is 17.3. The zero-order valence-corrected chi connectivity index (χ0v) is 17.1. The van der Waals surface area contributed by atoms with E-state index in [4.69, 9.17) is 9.26 Å². The van der Waals surface area contributed by atoms with Crippen LogP contribution in [0.5, 0.6) is 11.5 Å². The number of methoxy groups -OCH3 is 1. The van der Waals surface area contributed by atoms with Gasteiger partial charge in [-0.05, 0) is 42.0 Å². The van der Waals surface area contributed by atoms with Crippen LogP contribution in [-0.2, 0) is 17.6 Å². The van der Waals surface area contributed by atoms with Gasteiger partial charge in [0, 0.05) is 19.4 Å². The Morgan fingerprint density at radius 1 is 1.27 bits per heavy atom. The Bertz CT molecular complexity index is 947. The fourth-order valence-electron chi connectivity index (χ4n) is 2.76. The third-order valence-electron chi connectivity index (χ3n) is 4.18. The molecule has 0 aliphatic carbocycles. The molecular weight excluding hydrogens is 416 g/mol. The lowest BCUT2D eigenvalue weighted by Crippen LogP contribution is -2.25. The van der Waals surface area contributed by atoms with Crippen LogP contribution < -0.4 is 14.8 Å². The number of nitrogens with one attached hydrogen (secondary N) is 1. The molecule has 0 fully saturated rings. The first-order valence-corrected chi connectivity index (χ1v) is 10.2. The molecule has 1 amide bonds. The van der Waals surface area contributed by atoms with Crippen molar-refractivity contribution in [2.75, 3.05) is 13.7 Å². The summed E-state index contributed by atoms with van der Waals surface area (Å²) >= 11 is 1.53. The number of ether oxygens (including phenoxy) is 2. The maximum absolute atomic E-state index is 12.5. The summed E-state index contributed by atoms with van der Waals surface area (Å²) in [7, 11) is 1.38. The van der Waals surface area contributed by atoms with Gasteiger partial charge in [0.1, 0.15) is 0 Å². The second-order valence-electron chi connectivity index (χ2n) is 6.31. The highest BCUT2D eigenvalue weighted by molar-refractivity contribution is 7.13. The molecule has 2 heterocycles. The van der Waals surface area contributed by atoms with Crippen LogP contribution in [0.3, 0.4) is 0 Å². The number of aromatic nitrogens is 2. The summed E-state index contributed by atoms with van der Waals surface area (Å²) in [6.45, 7) is -2.56. The van der Waals surface area contributed by atoms with Gasteiger partial charge in [-0.2, -0.15) is 13.8 Å². The van der Waals surface area contributed by atoms with Crippen molar-refractivity contribution in [2.24, 2.45) is 0 Å². The van der Waals surface area contributed by atoms with Gasteiger partial charge in [0.05, 0.1) is 12.0 Å². The van der Waals surface area contributed by atoms with Crippen LogP contribution in [0.1, 0.15) is 24.3 Å². The largest absolute Gasteiger partial charge is 0.493 e. The van der Waals surface area contributed by atoms with Crippen molar-refractivity contribution in [2.45, 2.75) is 32.3 Å². The molecule has 0 aliphatic heterocycles. The second kappa shape index (κ2) is 10.7. The molecule has 7 nitrogen and oxygen atoms in total. The molecular formula is C20H21F2N3O4S. The van der Waals surface area contributed by atoms with Gasteiger partial charge in [0.2, 0.25) is 17.6 Å². The minimum Gasteiger partial charge on any atom is -0.493 e. The van der Waals surface area contributed by atoms with Gasteiger partial charge in [0.25, 0.3) is 0 Å². The number of hydrogen-bond donors (Lipinski definition) is 1. The van der Waals surface area contributed by atoms with Crippen molar-refractivity contribution in [3.05, 3.63) is 47.2 Å². The molecule has 0 spiro atoms. The van der Waals surface area contributed by atoms with Gasteiger partial charge in [0.15, 0.2) is 11.5 Å². The van der Waals surface area contributed by atoms with E-state index in [0.29, 0.717) is 43.9 Å². The lowest BCUT2D eigenvalue weighted by atomic mass is 10.1. The van der Waals surface area contributed by atoms with Crippen molar-refractivity contribution >= 4 is 17.2 Å². The second-order valence-corrected chi connectivity index (χ2v) is 7.25. The van der Waals surface area contributed by atoms with E-state index in [1.165, 1.54) is 24.5 Å². The van der Waals surface area contributed by atoms with Crippen molar-refractivity contribution in [1.82, 2.24) is 15.5 Å². The molecule has 0 saturated heterocycles.